The molecule has 1 rings (SSSR count). The lowest BCUT2D eigenvalue weighted by atomic mass is 9.63. The van der Waals surface area contributed by atoms with Crippen LogP contribution < -0.4 is 0 Å². The zero-order valence-electron chi connectivity index (χ0n) is 6.28. The minimum Gasteiger partial charge on any atom is -0.152 e. The lowest BCUT2D eigenvalue weighted by Crippen LogP contribution is -2.00. The minimum absolute atomic E-state index is 1.04. The van der Waals surface area contributed by atoms with Gasteiger partial charge in [-0.1, -0.05) is 26.3 Å². The number of rotatable bonds is 0. The van der Waals surface area contributed by atoms with Gasteiger partial charge in [0.05, 0.1) is 0 Å². The van der Waals surface area contributed by atoms with E-state index < -0.39 is 0 Å². The summed E-state index contributed by atoms with van der Waals surface area (Å²) >= 11 is 0. The molecule has 0 N–H and O–H groups in total. The quantitative estimate of drug-likeness (QED) is 0.375. The van der Waals surface area contributed by atoms with Crippen molar-refractivity contribution in [3.05, 3.63) is 0 Å². The van der Waals surface area contributed by atoms with Crippen molar-refractivity contribution < 1.29 is 0 Å². The molecule has 2 unspecified atom stereocenters. The van der Waals surface area contributed by atoms with Crippen LogP contribution in [0.2, 0.25) is 26.3 Å². The molecule has 1 aliphatic heterocycles. The Balaban J connectivity index is 2.25. The minimum atomic E-state index is 1.04. The molecule has 9 heavy (non-hydrogen) atoms. The normalized spacial score (nSPS) is 27.3. The molecule has 0 bridgehead atoms. The van der Waals surface area contributed by atoms with Crippen molar-refractivity contribution in [2.75, 3.05) is 5.90 Å². The highest BCUT2D eigenvalue weighted by molar-refractivity contribution is 7.90. The zero-order chi connectivity index (χ0) is 6.69. The Hall–Kier alpha value is 0.990. The molecule has 1 aliphatic rings. The molecule has 50 valence electrons. The summed E-state index contributed by atoms with van der Waals surface area (Å²) < 4.78 is 0. The van der Waals surface area contributed by atoms with E-state index in [0.29, 0.717) is 0 Å². The SMILES string of the molecule is CB1CCB(C)PCP1. The smallest absolute Gasteiger partial charge is 0.152 e. The van der Waals surface area contributed by atoms with Crippen LogP contribution in [0.5, 0.6) is 0 Å². The van der Waals surface area contributed by atoms with Crippen molar-refractivity contribution in [3.63, 3.8) is 0 Å². The molecule has 0 amide bonds. The van der Waals surface area contributed by atoms with E-state index in [-0.39, 0.29) is 0 Å². The van der Waals surface area contributed by atoms with Gasteiger partial charge in [-0.15, -0.1) is 0 Å². The first-order chi connectivity index (χ1) is 4.29. The highest BCUT2D eigenvalue weighted by Crippen LogP contribution is 2.36. The summed E-state index contributed by atoms with van der Waals surface area (Å²) in [5, 5.41) is 0. The second-order valence-electron chi connectivity index (χ2n) is 2.96. The molecule has 1 saturated heterocycles. The molecule has 0 nitrogen and oxygen atoms in total. The Morgan fingerprint density at radius 2 is 1.44 bits per heavy atom. The van der Waals surface area contributed by atoms with Gasteiger partial charge in [0, 0.05) is 0 Å². The molecule has 0 aromatic rings. The summed E-state index contributed by atoms with van der Waals surface area (Å²) in [6, 6.07) is 0. The van der Waals surface area contributed by atoms with Crippen molar-refractivity contribution in [1.29, 1.82) is 0 Å². The van der Waals surface area contributed by atoms with Gasteiger partial charge in [-0.3, -0.25) is 0 Å². The topological polar surface area (TPSA) is 0 Å². The van der Waals surface area contributed by atoms with E-state index in [9.17, 15) is 0 Å². The Morgan fingerprint density at radius 1 is 1.00 bits per heavy atom. The van der Waals surface area contributed by atoms with E-state index >= 15 is 0 Å². The largest absolute Gasteiger partial charge is 0.163 e. The van der Waals surface area contributed by atoms with Crippen LogP contribution >= 0.6 is 16.9 Å². The number of hydrogen-bond donors (Lipinski definition) is 0. The maximum Gasteiger partial charge on any atom is 0.163 e. The Labute approximate surface area is 62.6 Å². The molecule has 0 aromatic heterocycles. The average Bonchev–Trinajstić information content (AvgIpc) is 1.97. The van der Waals surface area contributed by atoms with E-state index in [0.717, 1.165) is 12.9 Å². The van der Waals surface area contributed by atoms with Crippen molar-refractivity contribution in [2.24, 2.45) is 0 Å². The van der Waals surface area contributed by atoms with Gasteiger partial charge in [0.2, 0.25) is 0 Å². The first-order valence-corrected chi connectivity index (χ1v) is 6.32. The maximum atomic E-state index is 2.40. The van der Waals surface area contributed by atoms with Crippen LogP contribution in [0.1, 0.15) is 0 Å². The highest BCUT2D eigenvalue weighted by Gasteiger charge is 2.15. The Kier molecular flexibility index (Phi) is 3.59. The standard InChI is InChI=1S/C5H14B2P2/c1-6-3-4-7(2)9-5-8-6/h8-9H,3-5H2,1-2H3. The highest BCUT2D eigenvalue weighted by atomic mass is 31.1. The van der Waals surface area contributed by atoms with Crippen LogP contribution in [-0.4, -0.2) is 18.8 Å². The van der Waals surface area contributed by atoms with Crippen molar-refractivity contribution >= 4 is 29.8 Å². The predicted molar refractivity (Wildman–Crippen MR) is 54.3 cm³/mol. The Bertz CT molecular complexity index is 79.0. The summed E-state index contributed by atoms with van der Waals surface area (Å²) in [6.45, 7) is 4.81. The first kappa shape index (κ1) is 8.09. The van der Waals surface area contributed by atoms with Gasteiger partial charge >= 0.3 is 0 Å². The van der Waals surface area contributed by atoms with Gasteiger partial charge in [0.25, 0.3) is 0 Å². The van der Waals surface area contributed by atoms with Crippen molar-refractivity contribution in [1.82, 2.24) is 0 Å². The van der Waals surface area contributed by atoms with Crippen LogP contribution in [0.25, 0.3) is 0 Å². The van der Waals surface area contributed by atoms with Gasteiger partial charge in [-0.2, -0.15) is 16.9 Å². The van der Waals surface area contributed by atoms with E-state index in [1.54, 1.807) is 0 Å². The van der Waals surface area contributed by atoms with Crippen molar-refractivity contribution in [3.8, 4) is 0 Å². The van der Waals surface area contributed by atoms with E-state index in [1.807, 2.05) is 0 Å². The molecule has 0 radical (unpaired) electrons. The molecule has 0 saturated carbocycles. The molecular weight excluding hydrogens is 144 g/mol. The second-order valence-corrected chi connectivity index (χ2v) is 7.17. The third-order valence-electron chi connectivity index (χ3n) is 1.93. The van der Waals surface area contributed by atoms with E-state index in [2.05, 4.69) is 13.6 Å². The lowest BCUT2D eigenvalue weighted by molar-refractivity contribution is 1.40. The maximum absolute atomic E-state index is 2.40. The lowest BCUT2D eigenvalue weighted by Gasteiger charge is -1.99. The summed E-state index contributed by atoms with van der Waals surface area (Å²) in [4.78, 5) is 0. The third-order valence-corrected chi connectivity index (χ3v) is 5.54. The monoisotopic (exact) mass is 158 g/mol. The molecule has 4 heteroatoms. The van der Waals surface area contributed by atoms with Crippen LogP contribution in [0.4, 0.5) is 0 Å². The molecule has 2 atom stereocenters. The van der Waals surface area contributed by atoms with E-state index in [1.165, 1.54) is 35.5 Å². The van der Waals surface area contributed by atoms with Gasteiger partial charge in [0.15, 0.2) is 12.9 Å². The Morgan fingerprint density at radius 3 is 1.89 bits per heavy atom. The molecule has 0 spiro atoms. The molecule has 1 fully saturated rings. The van der Waals surface area contributed by atoms with Crippen LogP contribution in [0.3, 0.4) is 0 Å². The summed E-state index contributed by atoms with van der Waals surface area (Å²) in [5.74, 6) is 1.53. The number of hydrogen-bond acceptors (Lipinski definition) is 0. The summed E-state index contributed by atoms with van der Waals surface area (Å²) in [7, 11) is 2.53. The summed E-state index contributed by atoms with van der Waals surface area (Å²) in [5.41, 5.74) is 0. The second kappa shape index (κ2) is 3.99. The fraction of sp³-hybridized carbons (Fsp3) is 1.00. The van der Waals surface area contributed by atoms with Gasteiger partial charge in [-0.05, 0) is 5.90 Å². The molecular formula is C5H14B2P2. The van der Waals surface area contributed by atoms with Crippen LogP contribution in [0.15, 0.2) is 0 Å². The molecule has 0 aromatic carbocycles. The molecule has 0 aliphatic carbocycles. The van der Waals surface area contributed by atoms with E-state index in [4.69, 9.17) is 0 Å². The molecule has 1 heterocycles. The van der Waals surface area contributed by atoms with Gasteiger partial charge in [-0.25, -0.2) is 0 Å². The van der Waals surface area contributed by atoms with Gasteiger partial charge < -0.3 is 0 Å². The van der Waals surface area contributed by atoms with Crippen LogP contribution in [-0.2, 0) is 0 Å². The fourth-order valence-electron chi connectivity index (χ4n) is 1.11. The first-order valence-electron chi connectivity index (χ1n) is 3.76. The van der Waals surface area contributed by atoms with Gasteiger partial charge in [0.1, 0.15) is 0 Å². The predicted octanol–water partition coefficient (Wildman–Crippen LogP) is 2.56. The fourth-order valence-corrected chi connectivity index (χ4v) is 5.11. The van der Waals surface area contributed by atoms with Crippen molar-refractivity contribution in [2.45, 2.75) is 26.3 Å². The average molecular weight is 158 g/mol. The zero-order valence-corrected chi connectivity index (χ0v) is 8.28. The third kappa shape index (κ3) is 3.06. The summed E-state index contributed by atoms with van der Waals surface area (Å²) in [6.07, 6.45) is 5.07. The van der Waals surface area contributed by atoms with Crippen LogP contribution in [0, 0.1) is 0 Å².